The molecule has 25 heavy (non-hydrogen) atoms. The molecule has 3 heterocycles. The quantitative estimate of drug-likeness (QED) is 0.669. The van der Waals surface area contributed by atoms with Crippen molar-refractivity contribution in [2.45, 2.75) is 37.8 Å². The lowest BCUT2D eigenvalue weighted by atomic mass is 9.94. The fourth-order valence-corrected chi connectivity index (χ4v) is 3.76. The highest BCUT2D eigenvalue weighted by atomic mass is 16.3. The Morgan fingerprint density at radius 2 is 2.28 bits per heavy atom. The van der Waals surface area contributed by atoms with E-state index >= 15 is 0 Å². The van der Waals surface area contributed by atoms with Crippen LogP contribution in [0.25, 0.3) is 22.3 Å². The highest BCUT2D eigenvalue weighted by Gasteiger charge is 2.34. The number of fused-ring (bicyclic) bond motifs is 1. The van der Waals surface area contributed by atoms with Crippen molar-refractivity contribution in [2.24, 2.45) is 5.92 Å². The Balaban J connectivity index is 1.73. The number of nitriles is 1. The van der Waals surface area contributed by atoms with Gasteiger partial charge in [0.25, 0.3) is 0 Å². The van der Waals surface area contributed by atoms with E-state index in [4.69, 9.17) is 0 Å². The topological polar surface area (TPSA) is 124 Å². The van der Waals surface area contributed by atoms with Crippen molar-refractivity contribution < 1.29 is 10.2 Å². The summed E-state index contributed by atoms with van der Waals surface area (Å²) >= 11 is 0. The highest BCUT2D eigenvalue weighted by Crippen LogP contribution is 2.37. The van der Waals surface area contributed by atoms with Crippen LogP contribution in [-0.2, 0) is 0 Å². The number of hydrogen-bond acceptors (Lipinski definition) is 6. The standard InChI is InChI=1S/C17H18N6O2/c18-5-4-12(11-2-1-3-13(11)24)23-8-10(6-22-23)16-15-14(25)7-19-17(15)21-9-20-16/h6-9,11-13,24-25H,1-4H2,(H,19,20,21). The number of nitrogens with one attached hydrogen (secondary N) is 1. The molecule has 1 aliphatic rings. The number of aromatic amines is 1. The second-order valence-corrected chi connectivity index (χ2v) is 6.42. The number of aliphatic hydroxyl groups excluding tert-OH is 1. The molecule has 3 aromatic rings. The first-order chi connectivity index (χ1) is 12.2. The molecule has 8 heteroatoms. The smallest absolute Gasteiger partial charge is 0.145 e. The van der Waals surface area contributed by atoms with Gasteiger partial charge in [-0.25, -0.2) is 9.97 Å². The van der Waals surface area contributed by atoms with Crippen molar-refractivity contribution in [2.75, 3.05) is 0 Å². The fourth-order valence-electron chi connectivity index (χ4n) is 3.76. The molecule has 1 aliphatic carbocycles. The van der Waals surface area contributed by atoms with E-state index in [1.807, 2.05) is 6.20 Å². The van der Waals surface area contributed by atoms with Crippen molar-refractivity contribution >= 4 is 11.0 Å². The molecule has 3 unspecified atom stereocenters. The van der Waals surface area contributed by atoms with Crippen molar-refractivity contribution in [1.82, 2.24) is 24.7 Å². The fraction of sp³-hybridized carbons (Fsp3) is 0.412. The summed E-state index contributed by atoms with van der Waals surface area (Å²) in [5.41, 5.74) is 1.87. The van der Waals surface area contributed by atoms with Crippen LogP contribution in [0.1, 0.15) is 31.7 Å². The van der Waals surface area contributed by atoms with Gasteiger partial charge in [0.1, 0.15) is 17.7 Å². The lowest BCUT2D eigenvalue weighted by molar-refractivity contribution is 0.0977. The highest BCUT2D eigenvalue weighted by molar-refractivity contribution is 5.95. The molecule has 1 fully saturated rings. The summed E-state index contributed by atoms with van der Waals surface area (Å²) in [4.78, 5) is 11.3. The van der Waals surface area contributed by atoms with Crippen LogP contribution in [0, 0.1) is 17.2 Å². The maximum atomic E-state index is 10.2. The third-order valence-electron chi connectivity index (χ3n) is 4.99. The van der Waals surface area contributed by atoms with Gasteiger partial charge in [-0.05, 0) is 12.8 Å². The minimum absolute atomic E-state index is 0.0264. The zero-order valence-corrected chi connectivity index (χ0v) is 13.5. The van der Waals surface area contributed by atoms with Gasteiger partial charge in [-0.2, -0.15) is 10.4 Å². The SMILES string of the molecule is N#CCC(C1CCCC1O)n1cc(-c2ncnc3[nH]cc(O)c23)cn1. The molecule has 3 N–H and O–H groups in total. The van der Waals surface area contributed by atoms with E-state index in [0.717, 1.165) is 24.8 Å². The van der Waals surface area contributed by atoms with Gasteiger partial charge in [0.05, 0.1) is 41.9 Å². The molecule has 0 saturated heterocycles. The molecular weight excluding hydrogens is 320 g/mol. The predicted molar refractivity (Wildman–Crippen MR) is 89.4 cm³/mol. The van der Waals surface area contributed by atoms with Crippen molar-refractivity contribution in [3.05, 3.63) is 24.9 Å². The molecule has 0 aliphatic heterocycles. The lowest BCUT2D eigenvalue weighted by Crippen LogP contribution is -2.26. The van der Waals surface area contributed by atoms with Gasteiger partial charge in [-0.1, -0.05) is 6.42 Å². The molecule has 3 atom stereocenters. The summed E-state index contributed by atoms with van der Waals surface area (Å²) in [6.45, 7) is 0. The van der Waals surface area contributed by atoms with Gasteiger partial charge in [0, 0.05) is 23.9 Å². The first-order valence-electron chi connectivity index (χ1n) is 8.29. The van der Waals surface area contributed by atoms with E-state index in [1.165, 1.54) is 12.5 Å². The number of aliphatic hydroxyl groups is 1. The van der Waals surface area contributed by atoms with Gasteiger partial charge in [0.15, 0.2) is 0 Å². The number of rotatable bonds is 4. The summed E-state index contributed by atoms with van der Waals surface area (Å²) < 4.78 is 1.75. The van der Waals surface area contributed by atoms with Gasteiger partial charge >= 0.3 is 0 Å². The normalized spacial score (nSPS) is 21.4. The van der Waals surface area contributed by atoms with E-state index in [-0.39, 0.29) is 24.1 Å². The Labute approximate surface area is 143 Å². The third-order valence-corrected chi connectivity index (χ3v) is 4.99. The number of aromatic hydroxyl groups is 1. The molecule has 0 aromatic carbocycles. The summed E-state index contributed by atoms with van der Waals surface area (Å²) in [5.74, 6) is 0.108. The van der Waals surface area contributed by atoms with Crippen LogP contribution in [0.4, 0.5) is 0 Å². The average Bonchev–Trinajstić information content (AvgIpc) is 3.34. The van der Waals surface area contributed by atoms with Gasteiger partial charge in [-0.3, -0.25) is 4.68 Å². The number of nitrogens with zero attached hydrogens (tertiary/aromatic N) is 5. The Bertz CT molecular complexity index is 940. The zero-order valence-electron chi connectivity index (χ0n) is 13.5. The largest absolute Gasteiger partial charge is 0.506 e. The minimum Gasteiger partial charge on any atom is -0.506 e. The van der Waals surface area contributed by atoms with Crippen molar-refractivity contribution in [3.8, 4) is 23.1 Å². The molecule has 0 amide bonds. The van der Waals surface area contributed by atoms with Crippen molar-refractivity contribution in [1.29, 1.82) is 5.26 Å². The van der Waals surface area contributed by atoms with Crippen LogP contribution < -0.4 is 0 Å². The number of hydrogen-bond donors (Lipinski definition) is 3. The first kappa shape index (κ1) is 15.6. The lowest BCUT2D eigenvalue weighted by Gasteiger charge is -2.24. The molecule has 8 nitrogen and oxygen atoms in total. The molecule has 4 rings (SSSR count). The monoisotopic (exact) mass is 338 g/mol. The maximum Gasteiger partial charge on any atom is 0.145 e. The second kappa shape index (κ2) is 6.18. The zero-order chi connectivity index (χ0) is 17.4. The van der Waals surface area contributed by atoms with Crippen molar-refractivity contribution in [3.63, 3.8) is 0 Å². The van der Waals surface area contributed by atoms with Gasteiger partial charge < -0.3 is 15.2 Å². The predicted octanol–water partition coefficient (Wildman–Crippen LogP) is 2.14. The van der Waals surface area contributed by atoms with Crippen LogP contribution in [0.3, 0.4) is 0 Å². The second-order valence-electron chi connectivity index (χ2n) is 6.42. The summed E-state index contributed by atoms with van der Waals surface area (Å²) in [6.07, 6.45) is 8.90. The van der Waals surface area contributed by atoms with Crippen LogP contribution in [0.2, 0.25) is 0 Å². The molecule has 128 valence electrons. The summed E-state index contributed by atoms with van der Waals surface area (Å²) in [6, 6.07) is 2.03. The Morgan fingerprint density at radius 3 is 3.04 bits per heavy atom. The minimum atomic E-state index is -0.398. The Hall–Kier alpha value is -2.92. The number of aromatic nitrogens is 5. The average molecular weight is 338 g/mol. The van der Waals surface area contributed by atoms with Crippen LogP contribution in [0.5, 0.6) is 5.75 Å². The summed E-state index contributed by atoms with van der Waals surface area (Å²) in [7, 11) is 0. The molecule has 0 bridgehead atoms. The summed E-state index contributed by atoms with van der Waals surface area (Å²) in [5, 5.41) is 34.4. The first-order valence-corrected chi connectivity index (χ1v) is 8.29. The van der Waals surface area contributed by atoms with Crippen LogP contribution in [0.15, 0.2) is 24.9 Å². The number of H-pyrrole nitrogens is 1. The van der Waals surface area contributed by atoms with E-state index in [9.17, 15) is 15.5 Å². The van der Waals surface area contributed by atoms with Crippen LogP contribution >= 0.6 is 0 Å². The van der Waals surface area contributed by atoms with E-state index in [0.29, 0.717) is 16.7 Å². The molecular formula is C17H18N6O2. The van der Waals surface area contributed by atoms with E-state index < -0.39 is 6.10 Å². The third kappa shape index (κ3) is 2.62. The van der Waals surface area contributed by atoms with E-state index in [2.05, 4.69) is 26.1 Å². The molecule has 1 saturated carbocycles. The van der Waals surface area contributed by atoms with Gasteiger partial charge in [0.2, 0.25) is 0 Å². The molecule has 0 radical (unpaired) electrons. The Morgan fingerprint density at radius 1 is 1.40 bits per heavy atom. The molecule has 3 aromatic heterocycles. The van der Waals surface area contributed by atoms with Crippen LogP contribution in [-0.4, -0.2) is 41.0 Å². The van der Waals surface area contributed by atoms with Gasteiger partial charge in [-0.15, -0.1) is 0 Å². The van der Waals surface area contributed by atoms with E-state index in [1.54, 1.807) is 10.9 Å². The molecule has 0 spiro atoms. The Kier molecular flexibility index (Phi) is 3.86. The maximum absolute atomic E-state index is 10.2.